The summed E-state index contributed by atoms with van der Waals surface area (Å²) in [5.41, 5.74) is 1.22. The number of fused-ring (bicyclic) bond motifs is 1. The summed E-state index contributed by atoms with van der Waals surface area (Å²) < 4.78 is 5.74. The van der Waals surface area contributed by atoms with E-state index in [9.17, 15) is 4.79 Å². The highest BCUT2D eigenvalue weighted by molar-refractivity contribution is 5.73. The lowest BCUT2D eigenvalue weighted by atomic mass is 10.1. The average Bonchev–Trinajstić information content (AvgIpc) is 2.77. The van der Waals surface area contributed by atoms with Crippen LogP contribution in [0.1, 0.15) is 12.5 Å². The second-order valence-electron chi connectivity index (χ2n) is 4.25. The summed E-state index contributed by atoms with van der Waals surface area (Å²) in [6.45, 7) is 3.21. The van der Waals surface area contributed by atoms with Crippen molar-refractivity contribution in [2.45, 2.75) is 19.4 Å². The molecule has 1 aromatic carbocycles. The summed E-state index contributed by atoms with van der Waals surface area (Å²) >= 11 is 0. The fourth-order valence-electron chi connectivity index (χ4n) is 1.85. The number of amides is 2. The maximum Gasteiger partial charge on any atom is 0.317 e. The molecule has 1 heterocycles. The number of carbonyl (C=O) groups excluding carboxylic acids is 1. The number of hydrogen-bond donors (Lipinski definition) is 1. The molecule has 1 aliphatic heterocycles. The molecule has 0 radical (unpaired) electrons. The maximum atomic E-state index is 11.6. The standard InChI is InChI=1S/C13H18N2O2/c1-3-15(2)13(16)14-9-11-8-10-6-4-5-7-12(10)17-11/h4-7,11H,3,8-9H2,1-2H3,(H,14,16). The van der Waals surface area contributed by atoms with Crippen LogP contribution in [0.2, 0.25) is 0 Å². The number of rotatable bonds is 3. The quantitative estimate of drug-likeness (QED) is 0.864. The van der Waals surface area contributed by atoms with Crippen LogP contribution in [-0.4, -0.2) is 37.2 Å². The third kappa shape index (κ3) is 2.70. The fraction of sp³-hybridized carbons (Fsp3) is 0.462. The predicted molar refractivity (Wildman–Crippen MR) is 66.3 cm³/mol. The molecule has 17 heavy (non-hydrogen) atoms. The van der Waals surface area contributed by atoms with Crippen molar-refractivity contribution in [2.24, 2.45) is 0 Å². The number of para-hydroxylation sites is 1. The van der Waals surface area contributed by atoms with Gasteiger partial charge in [-0.05, 0) is 18.6 Å². The number of nitrogens with one attached hydrogen (secondary N) is 1. The maximum absolute atomic E-state index is 11.6. The van der Waals surface area contributed by atoms with Gasteiger partial charge in [-0.15, -0.1) is 0 Å². The number of benzene rings is 1. The number of carbonyl (C=O) groups is 1. The number of ether oxygens (including phenoxy) is 1. The molecule has 0 aliphatic carbocycles. The van der Waals surface area contributed by atoms with Crippen molar-refractivity contribution in [1.29, 1.82) is 0 Å². The van der Waals surface area contributed by atoms with Crippen LogP contribution in [0.4, 0.5) is 4.79 Å². The lowest BCUT2D eigenvalue weighted by molar-refractivity contribution is 0.194. The van der Waals surface area contributed by atoms with E-state index in [0.29, 0.717) is 13.1 Å². The molecule has 1 N–H and O–H groups in total. The second-order valence-corrected chi connectivity index (χ2v) is 4.25. The molecule has 1 aromatic rings. The molecule has 2 amide bonds. The first-order valence-electron chi connectivity index (χ1n) is 5.94. The van der Waals surface area contributed by atoms with Crippen LogP contribution in [0.3, 0.4) is 0 Å². The van der Waals surface area contributed by atoms with Crippen molar-refractivity contribution in [2.75, 3.05) is 20.1 Å². The Hall–Kier alpha value is -1.71. The molecule has 0 aromatic heterocycles. The smallest absolute Gasteiger partial charge is 0.317 e. The Kier molecular flexibility index (Phi) is 3.52. The zero-order valence-corrected chi connectivity index (χ0v) is 10.3. The highest BCUT2D eigenvalue weighted by atomic mass is 16.5. The molecule has 1 aliphatic rings. The Bertz CT molecular complexity index is 381. The van der Waals surface area contributed by atoms with E-state index in [1.54, 1.807) is 11.9 Å². The Labute approximate surface area is 102 Å². The Morgan fingerprint density at radius 2 is 2.29 bits per heavy atom. The van der Waals surface area contributed by atoms with Gasteiger partial charge in [0.25, 0.3) is 0 Å². The lowest BCUT2D eigenvalue weighted by Crippen LogP contribution is -2.41. The van der Waals surface area contributed by atoms with Gasteiger partial charge in [0, 0.05) is 20.0 Å². The zero-order chi connectivity index (χ0) is 12.3. The van der Waals surface area contributed by atoms with Crippen LogP contribution in [0.15, 0.2) is 24.3 Å². The van der Waals surface area contributed by atoms with Crippen molar-refractivity contribution in [3.8, 4) is 5.75 Å². The Morgan fingerprint density at radius 1 is 1.53 bits per heavy atom. The molecule has 4 heteroatoms. The molecule has 2 rings (SSSR count). The van der Waals surface area contributed by atoms with Crippen LogP contribution < -0.4 is 10.1 Å². The van der Waals surface area contributed by atoms with Gasteiger partial charge in [-0.2, -0.15) is 0 Å². The summed E-state index contributed by atoms with van der Waals surface area (Å²) in [5, 5.41) is 2.87. The molecular formula is C13H18N2O2. The first-order valence-corrected chi connectivity index (χ1v) is 5.94. The number of nitrogens with zero attached hydrogens (tertiary/aromatic N) is 1. The molecule has 0 bridgehead atoms. The van der Waals surface area contributed by atoms with Gasteiger partial charge in [-0.25, -0.2) is 4.79 Å². The molecule has 4 nitrogen and oxygen atoms in total. The first kappa shape index (κ1) is 11.8. The topological polar surface area (TPSA) is 41.6 Å². The fourth-order valence-corrected chi connectivity index (χ4v) is 1.85. The third-order valence-corrected chi connectivity index (χ3v) is 3.02. The van der Waals surface area contributed by atoms with Crippen molar-refractivity contribution in [3.05, 3.63) is 29.8 Å². The monoisotopic (exact) mass is 234 g/mol. The van der Waals surface area contributed by atoms with E-state index in [2.05, 4.69) is 11.4 Å². The summed E-state index contributed by atoms with van der Waals surface area (Å²) in [5.74, 6) is 0.940. The van der Waals surface area contributed by atoms with Crippen LogP contribution in [0.5, 0.6) is 5.75 Å². The molecule has 0 saturated carbocycles. The van der Waals surface area contributed by atoms with E-state index in [1.807, 2.05) is 25.1 Å². The van der Waals surface area contributed by atoms with Crippen molar-refractivity contribution in [3.63, 3.8) is 0 Å². The van der Waals surface area contributed by atoms with E-state index in [-0.39, 0.29) is 12.1 Å². The Morgan fingerprint density at radius 3 is 3.00 bits per heavy atom. The van der Waals surface area contributed by atoms with E-state index in [1.165, 1.54) is 5.56 Å². The van der Waals surface area contributed by atoms with Gasteiger partial charge >= 0.3 is 6.03 Å². The van der Waals surface area contributed by atoms with Gasteiger partial charge in [-0.3, -0.25) is 0 Å². The van der Waals surface area contributed by atoms with E-state index in [4.69, 9.17) is 4.74 Å². The van der Waals surface area contributed by atoms with Gasteiger partial charge < -0.3 is 15.0 Å². The van der Waals surface area contributed by atoms with Gasteiger partial charge in [0.05, 0.1) is 6.54 Å². The second kappa shape index (κ2) is 5.08. The van der Waals surface area contributed by atoms with E-state index >= 15 is 0 Å². The first-order chi connectivity index (χ1) is 8.20. The molecule has 0 saturated heterocycles. The molecule has 92 valence electrons. The lowest BCUT2D eigenvalue weighted by Gasteiger charge is -2.17. The highest BCUT2D eigenvalue weighted by Gasteiger charge is 2.22. The van der Waals surface area contributed by atoms with Crippen LogP contribution in [0.25, 0.3) is 0 Å². The number of urea groups is 1. The van der Waals surface area contributed by atoms with Crippen LogP contribution in [0, 0.1) is 0 Å². The zero-order valence-electron chi connectivity index (χ0n) is 10.3. The normalized spacial score (nSPS) is 17.2. The largest absolute Gasteiger partial charge is 0.488 e. The summed E-state index contributed by atoms with van der Waals surface area (Å²) in [6.07, 6.45) is 0.924. The molecule has 1 unspecified atom stereocenters. The SMILES string of the molecule is CCN(C)C(=O)NCC1Cc2ccccc2O1. The molecule has 1 atom stereocenters. The minimum absolute atomic E-state index is 0.0490. The average molecular weight is 234 g/mol. The van der Waals surface area contributed by atoms with Gasteiger partial charge in [-0.1, -0.05) is 18.2 Å². The minimum Gasteiger partial charge on any atom is -0.488 e. The van der Waals surface area contributed by atoms with Crippen LogP contribution >= 0.6 is 0 Å². The number of hydrogen-bond acceptors (Lipinski definition) is 2. The minimum atomic E-state index is -0.0490. The van der Waals surface area contributed by atoms with Crippen LogP contribution in [-0.2, 0) is 6.42 Å². The third-order valence-electron chi connectivity index (χ3n) is 3.02. The van der Waals surface area contributed by atoms with Crippen molar-refractivity contribution in [1.82, 2.24) is 10.2 Å². The van der Waals surface area contributed by atoms with E-state index in [0.717, 1.165) is 12.2 Å². The summed E-state index contributed by atoms with van der Waals surface area (Å²) in [6, 6.07) is 7.95. The summed E-state index contributed by atoms with van der Waals surface area (Å²) in [4.78, 5) is 13.2. The van der Waals surface area contributed by atoms with Gasteiger partial charge in [0.2, 0.25) is 0 Å². The Balaban J connectivity index is 1.82. The molecule has 0 spiro atoms. The highest BCUT2D eigenvalue weighted by Crippen LogP contribution is 2.27. The van der Waals surface area contributed by atoms with Gasteiger partial charge in [0.15, 0.2) is 0 Å². The van der Waals surface area contributed by atoms with Crippen molar-refractivity contribution < 1.29 is 9.53 Å². The molecule has 0 fully saturated rings. The van der Waals surface area contributed by atoms with Crippen molar-refractivity contribution >= 4 is 6.03 Å². The van der Waals surface area contributed by atoms with Gasteiger partial charge in [0.1, 0.15) is 11.9 Å². The van der Waals surface area contributed by atoms with E-state index < -0.39 is 0 Å². The summed E-state index contributed by atoms with van der Waals surface area (Å²) in [7, 11) is 1.78. The predicted octanol–water partition coefficient (Wildman–Crippen LogP) is 1.65. The molecular weight excluding hydrogens is 216 g/mol.